The first-order chi connectivity index (χ1) is 12.7. The Hall–Kier alpha value is -1.87. The van der Waals surface area contributed by atoms with E-state index in [9.17, 15) is 23.1 Å². The van der Waals surface area contributed by atoms with Gasteiger partial charge in [-0.05, 0) is 37.7 Å². The van der Waals surface area contributed by atoms with Crippen LogP contribution in [0.4, 0.5) is 0 Å². The molecule has 2 fully saturated rings. The molecule has 3 heterocycles. The van der Waals surface area contributed by atoms with E-state index in [0.29, 0.717) is 26.1 Å². The molecule has 0 saturated carbocycles. The Kier molecular flexibility index (Phi) is 5.62. The van der Waals surface area contributed by atoms with Crippen LogP contribution in [0.15, 0.2) is 17.2 Å². The third kappa shape index (κ3) is 3.89. The highest BCUT2D eigenvalue weighted by molar-refractivity contribution is 7.89. The molecular weight excluding hydrogens is 370 g/mol. The average Bonchev–Trinajstić information content (AvgIpc) is 3.04. The van der Waals surface area contributed by atoms with Crippen molar-refractivity contribution in [3.63, 3.8) is 0 Å². The lowest BCUT2D eigenvalue weighted by atomic mass is 9.92. The Balaban J connectivity index is 1.87. The number of carbonyl (C=O) groups is 2. The van der Waals surface area contributed by atoms with Crippen LogP contribution in [0.2, 0.25) is 0 Å². The Bertz CT molecular complexity index is 826. The van der Waals surface area contributed by atoms with Crippen LogP contribution in [0, 0.1) is 5.92 Å². The highest BCUT2D eigenvalue weighted by atomic mass is 32.2. The minimum atomic E-state index is -3.64. The van der Waals surface area contributed by atoms with Gasteiger partial charge in [-0.25, -0.2) is 13.2 Å². The monoisotopic (exact) mass is 397 g/mol. The van der Waals surface area contributed by atoms with Crippen molar-refractivity contribution in [1.29, 1.82) is 0 Å². The smallest absolute Gasteiger partial charge is 0.326 e. The zero-order chi connectivity index (χ0) is 19.8. The van der Waals surface area contributed by atoms with Crippen molar-refractivity contribution in [3.05, 3.63) is 18.0 Å². The molecule has 2 unspecified atom stereocenters. The van der Waals surface area contributed by atoms with Gasteiger partial charge in [-0.2, -0.15) is 4.31 Å². The number of aromatic nitrogens is 1. The fourth-order valence-corrected chi connectivity index (χ4v) is 5.50. The number of hydrogen-bond acceptors (Lipinski definition) is 4. The number of sulfonamides is 1. The SMILES string of the molecule is CC1CCN(C(=O)c2cc(S(=O)(=O)N3CCCCC3)cn2C)C(C(=O)O)C1. The van der Waals surface area contributed by atoms with Gasteiger partial charge in [0.2, 0.25) is 10.0 Å². The topological polar surface area (TPSA) is 99.9 Å². The highest BCUT2D eigenvalue weighted by Crippen LogP contribution is 2.27. The number of nitrogens with zero attached hydrogens (tertiary/aromatic N) is 3. The van der Waals surface area contributed by atoms with Crippen molar-refractivity contribution in [2.24, 2.45) is 13.0 Å². The van der Waals surface area contributed by atoms with E-state index in [-0.39, 0.29) is 16.5 Å². The number of aliphatic carboxylic acids is 1. The first-order valence-corrected chi connectivity index (χ1v) is 10.9. The van der Waals surface area contributed by atoms with E-state index >= 15 is 0 Å². The number of rotatable bonds is 4. The molecule has 1 aromatic rings. The zero-order valence-corrected chi connectivity index (χ0v) is 16.6. The van der Waals surface area contributed by atoms with Crippen LogP contribution in [0.3, 0.4) is 0 Å². The van der Waals surface area contributed by atoms with Crippen molar-refractivity contribution in [3.8, 4) is 0 Å². The van der Waals surface area contributed by atoms with Crippen molar-refractivity contribution in [2.75, 3.05) is 19.6 Å². The summed E-state index contributed by atoms with van der Waals surface area (Å²) < 4.78 is 28.7. The quantitative estimate of drug-likeness (QED) is 0.830. The summed E-state index contributed by atoms with van der Waals surface area (Å²) in [5.74, 6) is -1.22. The molecule has 0 aromatic carbocycles. The van der Waals surface area contributed by atoms with E-state index in [4.69, 9.17) is 0 Å². The molecular formula is C18H27N3O5S. The van der Waals surface area contributed by atoms with Crippen molar-refractivity contribution < 1.29 is 23.1 Å². The summed E-state index contributed by atoms with van der Waals surface area (Å²) in [7, 11) is -2.03. The summed E-state index contributed by atoms with van der Waals surface area (Å²) in [6.45, 7) is 3.32. The predicted molar refractivity (Wildman–Crippen MR) is 98.9 cm³/mol. The molecule has 8 nitrogen and oxygen atoms in total. The van der Waals surface area contributed by atoms with Gasteiger partial charge in [0.25, 0.3) is 5.91 Å². The third-order valence-electron chi connectivity index (χ3n) is 5.56. The molecule has 0 bridgehead atoms. The van der Waals surface area contributed by atoms with Gasteiger partial charge in [0, 0.05) is 32.9 Å². The molecule has 150 valence electrons. The molecule has 1 N–H and O–H groups in total. The fraction of sp³-hybridized carbons (Fsp3) is 0.667. The Morgan fingerprint density at radius 1 is 1.15 bits per heavy atom. The minimum Gasteiger partial charge on any atom is -0.480 e. The second kappa shape index (κ2) is 7.63. The second-order valence-electron chi connectivity index (χ2n) is 7.62. The lowest BCUT2D eigenvalue weighted by molar-refractivity contribution is -0.144. The average molecular weight is 397 g/mol. The van der Waals surface area contributed by atoms with Gasteiger partial charge in [0.1, 0.15) is 16.6 Å². The van der Waals surface area contributed by atoms with Gasteiger partial charge in [0.15, 0.2) is 0 Å². The van der Waals surface area contributed by atoms with Crippen LogP contribution >= 0.6 is 0 Å². The van der Waals surface area contributed by atoms with Crippen LogP contribution in [0.25, 0.3) is 0 Å². The number of carboxylic acids is 1. The Morgan fingerprint density at radius 3 is 2.44 bits per heavy atom. The van der Waals surface area contributed by atoms with Crippen LogP contribution < -0.4 is 0 Å². The summed E-state index contributed by atoms with van der Waals surface area (Å²) >= 11 is 0. The van der Waals surface area contributed by atoms with E-state index in [1.54, 1.807) is 7.05 Å². The maximum absolute atomic E-state index is 13.0. The number of hydrogen-bond donors (Lipinski definition) is 1. The lowest BCUT2D eigenvalue weighted by Gasteiger charge is -2.36. The first-order valence-electron chi connectivity index (χ1n) is 9.42. The molecule has 0 radical (unpaired) electrons. The van der Waals surface area contributed by atoms with Gasteiger partial charge in [-0.15, -0.1) is 0 Å². The molecule has 1 amide bonds. The standard InChI is InChI=1S/C18H27N3O5S/c1-13-6-9-21(16(10-13)18(23)24)17(22)15-11-14(12-19(15)2)27(25,26)20-7-4-3-5-8-20/h11-13,16H,3-10H2,1-2H3,(H,23,24). The fourth-order valence-electron chi connectivity index (χ4n) is 3.91. The molecule has 9 heteroatoms. The Labute approximate surface area is 159 Å². The van der Waals surface area contributed by atoms with Gasteiger partial charge in [-0.1, -0.05) is 13.3 Å². The normalized spacial score (nSPS) is 24.7. The van der Waals surface area contributed by atoms with Crippen molar-refractivity contribution in [1.82, 2.24) is 13.8 Å². The third-order valence-corrected chi connectivity index (χ3v) is 7.43. The van der Waals surface area contributed by atoms with Crippen molar-refractivity contribution in [2.45, 2.75) is 50.0 Å². The number of amides is 1. The Morgan fingerprint density at radius 2 is 1.81 bits per heavy atom. The van der Waals surface area contributed by atoms with Crippen LogP contribution in [-0.4, -0.2) is 64.8 Å². The van der Waals surface area contributed by atoms with Gasteiger partial charge >= 0.3 is 5.97 Å². The first kappa shape index (κ1) is 19.9. The number of likely N-dealkylation sites (tertiary alicyclic amines) is 1. The van der Waals surface area contributed by atoms with E-state index in [1.165, 1.54) is 26.0 Å². The highest BCUT2D eigenvalue weighted by Gasteiger charge is 2.37. The van der Waals surface area contributed by atoms with Crippen molar-refractivity contribution >= 4 is 21.9 Å². The summed E-state index contributed by atoms with van der Waals surface area (Å²) in [5, 5.41) is 9.49. The predicted octanol–water partition coefficient (Wildman–Crippen LogP) is 1.52. The summed E-state index contributed by atoms with van der Waals surface area (Å²) in [5.41, 5.74) is 0.200. The number of aryl methyl sites for hydroxylation is 1. The molecule has 2 atom stereocenters. The van der Waals surface area contributed by atoms with E-state index in [1.807, 2.05) is 6.92 Å². The molecule has 0 aliphatic carbocycles. The number of carbonyl (C=O) groups excluding carboxylic acids is 1. The molecule has 2 aliphatic rings. The van der Waals surface area contributed by atoms with E-state index in [0.717, 1.165) is 25.7 Å². The summed E-state index contributed by atoms with van der Waals surface area (Å²) in [6, 6.07) is 0.502. The zero-order valence-electron chi connectivity index (χ0n) is 15.8. The van der Waals surface area contributed by atoms with E-state index < -0.39 is 27.9 Å². The van der Waals surface area contributed by atoms with Crippen LogP contribution in [0.5, 0.6) is 0 Å². The number of carboxylic acid groups (broad SMARTS) is 1. The largest absolute Gasteiger partial charge is 0.480 e. The van der Waals surface area contributed by atoms with Gasteiger partial charge < -0.3 is 14.6 Å². The molecule has 3 rings (SSSR count). The number of piperidine rings is 2. The van der Waals surface area contributed by atoms with E-state index in [2.05, 4.69) is 0 Å². The minimum absolute atomic E-state index is 0.0903. The summed E-state index contributed by atoms with van der Waals surface area (Å²) in [6.07, 6.45) is 5.28. The molecule has 2 aliphatic heterocycles. The second-order valence-corrected chi connectivity index (χ2v) is 9.56. The summed E-state index contributed by atoms with van der Waals surface area (Å²) in [4.78, 5) is 26.0. The molecule has 1 aromatic heterocycles. The van der Waals surface area contributed by atoms with Gasteiger partial charge in [-0.3, -0.25) is 4.79 Å². The maximum atomic E-state index is 13.0. The molecule has 2 saturated heterocycles. The lowest BCUT2D eigenvalue weighted by Crippen LogP contribution is -2.50. The maximum Gasteiger partial charge on any atom is 0.326 e. The van der Waals surface area contributed by atoms with Crippen LogP contribution in [0.1, 0.15) is 49.5 Å². The van der Waals surface area contributed by atoms with Gasteiger partial charge in [0.05, 0.1) is 0 Å². The van der Waals surface area contributed by atoms with Crippen LogP contribution in [-0.2, 0) is 21.9 Å². The molecule has 0 spiro atoms. The molecule has 27 heavy (non-hydrogen) atoms.